The first-order valence-corrected chi connectivity index (χ1v) is 5.84. The summed E-state index contributed by atoms with van der Waals surface area (Å²) in [6.45, 7) is 2.13. The third-order valence-electron chi connectivity index (χ3n) is 3.23. The van der Waals surface area contributed by atoms with Gasteiger partial charge in [-0.15, -0.1) is 0 Å². The molecular formula is C12H19N3O. The Bertz CT molecular complexity index is 317. The summed E-state index contributed by atoms with van der Waals surface area (Å²) in [4.78, 5) is 8.39. The zero-order valence-corrected chi connectivity index (χ0v) is 9.89. The molecule has 1 aliphatic carbocycles. The van der Waals surface area contributed by atoms with E-state index in [0.29, 0.717) is 12.1 Å². The Morgan fingerprint density at radius 1 is 1.44 bits per heavy atom. The minimum Gasteiger partial charge on any atom is -0.381 e. The first kappa shape index (κ1) is 11.5. The van der Waals surface area contributed by atoms with Crippen molar-refractivity contribution in [3.05, 3.63) is 24.3 Å². The van der Waals surface area contributed by atoms with Crippen LogP contribution in [0.5, 0.6) is 0 Å². The summed E-state index contributed by atoms with van der Waals surface area (Å²) in [7, 11) is 1.79. The Morgan fingerprint density at radius 3 is 2.94 bits per heavy atom. The van der Waals surface area contributed by atoms with Crippen LogP contribution in [0.15, 0.2) is 18.6 Å². The molecule has 1 aliphatic rings. The number of hydrogen-bond donors (Lipinski definition) is 1. The van der Waals surface area contributed by atoms with Gasteiger partial charge in [0.1, 0.15) is 0 Å². The minimum atomic E-state index is 0.259. The van der Waals surface area contributed by atoms with E-state index < -0.39 is 0 Å². The monoisotopic (exact) mass is 221 g/mol. The van der Waals surface area contributed by atoms with Gasteiger partial charge in [0.25, 0.3) is 0 Å². The maximum absolute atomic E-state index is 5.36. The van der Waals surface area contributed by atoms with Gasteiger partial charge in [-0.3, -0.25) is 9.97 Å². The second kappa shape index (κ2) is 5.37. The average Bonchev–Trinajstić information content (AvgIpc) is 2.78. The summed E-state index contributed by atoms with van der Waals surface area (Å²) in [5, 5.41) is 3.58. The lowest BCUT2D eigenvalue weighted by atomic mass is 10.2. The predicted molar refractivity (Wildman–Crippen MR) is 62.0 cm³/mol. The van der Waals surface area contributed by atoms with Crippen molar-refractivity contribution in [3.8, 4) is 0 Å². The van der Waals surface area contributed by atoms with Gasteiger partial charge in [0.15, 0.2) is 0 Å². The highest BCUT2D eigenvalue weighted by molar-refractivity contribution is 5.01. The molecule has 0 aromatic carbocycles. The maximum Gasteiger partial charge on any atom is 0.0753 e. The van der Waals surface area contributed by atoms with Crippen LogP contribution < -0.4 is 5.32 Å². The van der Waals surface area contributed by atoms with Crippen LogP contribution in [0, 0.1) is 0 Å². The first-order valence-electron chi connectivity index (χ1n) is 5.84. The molecule has 0 aliphatic heterocycles. The van der Waals surface area contributed by atoms with Crippen molar-refractivity contribution >= 4 is 0 Å². The molecule has 0 radical (unpaired) electrons. The fraction of sp³-hybridized carbons (Fsp3) is 0.667. The number of rotatable bonds is 4. The van der Waals surface area contributed by atoms with Crippen molar-refractivity contribution in [2.75, 3.05) is 7.11 Å². The quantitative estimate of drug-likeness (QED) is 0.840. The first-order chi connectivity index (χ1) is 7.79. The zero-order valence-electron chi connectivity index (χ0n) is 9.89. The van der Waals surface area contributed by atoms with Crippen LogP contribution in [0.4, 0.5) is 0 Å². The SMILES string of the molecule is COC1CCC(NC(C)c2cnccn2)C1. The van der Waals surface area contributed by atoms with Gasteiger partial charge in [-0.25, -0.2) is 0 Å². The van der Waals surface area contributed by atoms with Crippen LogP contribution in [0.25, 0.3) is 0 Å². The number of ether oxygens (including phenoxy) is 1. The molecule has 1 heterocycles. The van der Waals surface area contributed by atoms with E-state index in [1.54, 1.807) is 19.5 Å². The van der Waals surface area contributed by atoms with Crippen molar-refractivity contribution in [1.29, 1.82) is 0 Å². The summed E-state index contributed by atoms with van der Waals surface area (Å²) in [6, 6.07) is 0.802. The predicted octanol–water partition coefficient (Wildman–Crippen LogP) is 1.69. The van der Waals surface area contributed by atoms with Gasteiger partial charge in [-0.05, 0) is 26.2 Å². The summed E-state index contributed by atoms with van der Waals surface area (Å²) in [5.74, 6) is 0. The zero-order chi connectivity index (χ0) is 11.4. The summed E-state index contributed by atoms with van der Waals surface area (Å²) in [6.07, 6.45) is 9.12. The van der Waals surface area contributed by atoms with E-state index in [1.807, 2.05) is 6.20 Å². The normalized spacial score (nSPS) is 26.9. The lowest BCUT2D eigenvalue weighted by molar-refractivity contribution is 0.106. The largest absolute Gasteiger partial charge is 0.381 e. The van der Waals surface area contributed by atoms with E-state index in [-0.39, 0.29) is 6.04 Å². The molecule has 2 rings (SSSR count). The van der Waals surface area contributed by atoms with Gasteiger partial charge in [-0.1, -0.05) is 0 Å². The molecule has 88 valence electrons. The topological polar surface area (TPSA) is 47.0 Å². The molecular weight excluding hydrogens is 202 g/mol. The Labute approximate surface area is 96.4 Å². The Morgan fingerprint density at radius 2 is 2.31 bits per heavy atom. The van der Waals surface area contributed by atoms with Crippen molar-refractivity contribution in [2.45, 2.75) is 44.4 Å². The third kappa shape index (κ3) is 2.77. The van der Waals surface area contributed by atoms with Crippen LogP contribution >= 0.6 is 0 Å². The number of nitrogens with zero attached hydrogens (tertiary/aromatic N) is 2. The second-order valence-electron chi connectivity index (χ2n) is 4.39. The van der Waals surface area contributed by atoms with Crippen molar-refractivity contribution in [2.24, 2.45) is 0 Å². The van der Waals surface area contributed by atoms with E-state index in [1.165, 1.54) is 6.42 Å². The second-order valence-corrected chi connectivity index (χ2v) is 4.39. The number of methoxy groups -OCH3 is 1. The van der Waals surface area contributed by atoms with Crippen LogP contribution in [0.3, 0.4) is 0 Å². The third-order valence-corrected chi connectivity index (χ3v) is 3.23. The Hall–Kier alpha value is -1.00. The lowest BCUT2D eigenvalue weighted by Crippen LogP contribution is -2.30. The molecule has 1 saturated carbocycles. The summed E-state index contributed by atoms with van der Waals surface area (Å²) >= 11 is 0. The molecule has 0 saturated heterocycles. The lowest BCUT2D eigenvalue weighted by Gasteiger charge is -2.18. The maximum atomic E-state index is 5.36. The van der Waals surface area contributed by atoms with Crippen LogP contribution in [0.1, 0.15) is 37.9 Å². The molecule has 1 fully saturated rings. The van der Waals surface area contributed by atoms with E-state index in [4.69, 9.17) is 4.74 Å². The van der Waals surface area contributed by atoms with Crippen LogP contribution in [-0.2, 0) is 4.74 Å². The molecule has 3 atom stereocenters. The molecule has 1 N–H and O–H groups in total. The van der Waals surface area contributed by atoms with Gasteiger partial charge in [0.2, 0.25) is 0 Å². The molecule has 4 nitrogen and oxygen atoms in total. The average molecular weight is 221 g/mol. The fourth-order valence-corrected chi connectivity index (χ4v) is 2.28. The van der Waals surface area contributed by atoms with Crippen molar-refractivity contribution < 1.29 is 4.74 Å². The fourth-order valence-electron chi connectivity index (χ4n) is 2.28. The molecule has 16 heavy (non-hydrogen) atoms. The molecule has 4 heteroatoms. The standard InChI is InChI=1S/C12H19N3O/c1-9(12-8-13-5-6-14-12)15-10-3-4-11(7-10)16-2/h5-6,8-11,15H,3-4,7H2,1-2H3. The smallest absolute Gasteiger partial charge is 0.0753 e. The number of hydrogen-bond acceptors (Lipinski definition) is 4. The van der Waals surface area contributed by atoms with Gasteiger partial charge < -0.3 is 10.1 Å². The number of aromatic nitrogens is 2. The molecule has 1 aromatic rings. The molecule has 0 bridgehead atoms. The highest BCUT2D eigenvalue weighted by atomic mass is 16.5. The molecule has 1 aromatic heterocycles. The van der Waals surface area contributed by atoms with Gasteiger partial charge in [-0.2, -0.15) is 0 Å². The molecule has 3 unspecified atom stereocenters. The van der Waals surface area contributed by atoms with Crippen molar-refractivity contribution in [3.63, 3.8) is 0 Å². The van der Waals surface area contributed by atoms with E-state index in [0.717, 1.165) is 18.5 Å². The highest BCUT2D eigenvalue weighted by Gasteiger charge is 2.25. The number of nitrogens with one attached hydrogen (secondary N) is 1. The molecule has 0 amide bonds. The van der Waals surface area contributed by atoms with Gasteiger partial charge in [0, 0.05) is 37.8 Å². The van der Waals surface area contributed by atoms with Crippen molar-refractivity contribution in [1.82, 2.24) is 15.3 Å². The Balaban J connectivity index is 1.86. The molecule has 0 spiro atoms. The Kier molecular flexibility index (Phi) is 3.85. The van der Waals surface area contributed by atoms with Crippen LogP contribution in [-0.4, -0.2) is 29.2 Å². The highest BCUT2D eigenvalue weighted by Crippen LogP contribution is 2.23. The van der Waals surface area contributed by atoms with E-state index in [9.17, 15) is 0 Å². The van der Waals surface area contributed by atoms with Crippen LogP contribution in [0.2, 0.25) is 0 Å². The summed E-state index contributed by atoms with van der Waals surface area (Å²) in [5.41, 5.74) is 1.00. The van der Waals surface area contributed by atoms with Gasteiger partial charge >= 0.3 is 0 Å². The minimum absolute atomic E-state index is 0.259. The van der Waals surface area contributed by atoms with Gasteiger partial charge in [0.05, 0.1) is 11.8 Å². The summed E-state index contributed by atoms with van der Waals surface area (Å²) < 4.78 is 5.36. The van der Waals surface area contributed by atoms with E-state index in [2.05, 4.69) is 22.2 Å². The van der Waals surface area contributed by atoms with E-state index >= 15 is 0 Å².